The van der Waals surface area contributed by atoms with E-state index in [-0.39, 0.29) is 5.75 Å². The van der Waals surface area contributed by atoms with Gasteiger partial charge in [0.05, 0.1) is 12.2 Å². The van der Waals surface area contributed by atoms with Crippen LogP contribution in [0.3, 0.4) is 0 Å². The quantitative estimate of drug-likeness (QED) is 0.673. The van der Waals surface area contributed by atoms with E-state index in [1.54, 1.807) is 12.1 Å². The van der Waals surface area contributed by atoms with Gasteiger partial charge in [-0.2, -0.15) is 0 Å². The highest BCUT2D eigenvalue weighted by atomic mass is 16.3. The minimum atomic E-state index is 0.275. The molecule has 0 bridgehead atoms. The third-order valence-electron chi connectivity index (χ3n) is 3.66. The van der Waals surface area contributed by atoms with Crippen LogP contribution in [0.25, 0.3) is 0 Å². The summed E-state index contributed by atoms with van der Waals surface area (Å²) >= 11 is 0. The van der Waals surface area contributed by atoms with Crippen molar-refractivity contribution in [1.29, 1.82) is 0 Å². The molecule has 0 fully saturated rings. The van der Waals surface area contributed by atoms with Gasteiger partial charge in [0.15, 0.2) is 0 Å². The summed E-state index contributed by atoms with van der Waals surface area (Å²) in [5, 5.41) is 11.6. The van der Waals surface area contributed by atoms with E-state index in [2.05, 4.69) is 34.7 Å². The molecule has 0 aliphatic heterocycles. The number of hydrogen-bond donors (Lipinski definition) is 2. The Balaban J connectivity index is 1.76. The van der Waals surface area contributed by atoms with Gasteiger partial charge in [-0.3, -0.25) is 0 Å². The van der Waals surface area contributed by atoms with Crippen molar-refractivity contribution in [3.05, 3.63) is 96.1 Å². The second-order valence-electron chi connectivity index (χ2n) is 5.41. The Morgan fingerprint density at radius 3 is 1.87 bits per heavy atom. The molecule has 0 saturated carbocycles. The van der Waals surface area contributed by atoms with Crippen LogP contribution in [-0.2, 0) is 13.1 Å². The second kappa shape index (κ2) is 7.47. The summed E-state index contributed by atoms with van der Waals surface area (Å²) in [6.07, 6.45) is 0. The van der Waals surface area contributed by atoms with Crippen molar-refractivity contribution in [2.45, 2.75) is 13.1 Å². The van der Waals surface area contributed by atoms with Crippen LogP contribution in [0, 0.1) is 0 Å². The number of phenolic OH excluding ortho intramolecular Hbond substituents is 1. The number of phenols is 1. The van der Waals surface area contributed by atoms with Crippen LogP contribution >= 0.6 is 0 Å². The predicted octanol–water partition coefficient (Wildman–Crippen LogP) is 4.10. The highest BCUT2D eigenvalue weighted by Gasteiger charge is 2.07. The highest BCUT2D eigenvalue weighted by Crippen LogP contribution is 2.19. The number of anilines is 1. The summed E-state index contributed by atoms with van der Waals surface area (Å²) in [6, 6.07) is 27.9. The zero-order chi connectivity index (χ0) is 15.9. The van der Waals surface area contributed by atoms with Gasteiger partial charge in [-0.05, 0) is 35.4 Å². The lowest BCUT2D eigenvalue weighted by Gasteiger charge is -2.26. The fraction of sp³-hybridized carbons (Fsp3) is 0.100. The maximum absolute atomic E-state index is 9.50. The lowest BCUT2D eigenvalue weighted by atomic mass is 10.2. The van der Waals surface area contributed by atoms with E-state index < -0.39 is 0 Å². The Morgan fingerprint density at radius 1 is 0.696 bits per heavy atom. The molecule has 3 nitrogen and oxygen atoms in total. The van der Waals surface area contributed by atoms with E-state index >= 15 is 0 Å². The Bertz CT molecular complexity index is 712. The highest BCUT2D eigenvalue weighted by molar-refractivity contribution is 5.48. The van der Waals surface area contributed by atoms with E-state index in [4.69, 9.17) is 0 Å². The molecular formula is C20H20N2O. The summed E-state index contributed by atoms with van der Waals surface area (Å²) < 4.78 is 0. The van der Waals surface area contributed by atoms with Crippen molar-refractivity contribution in [2.24, 2.45) is 0 Å². The average molecular weight is 304 g/mol. The first-order valence-corrected chi connectivity index (χ1v) is 7.69. The largest absolute Gasteiger partial charge is 0.508 e. The summed E-state index contributed by atoms with van der Waals surface area (Å²) in [7, 11) is 0. The normalized spacial score (nSPS) is 10.4. The summed E-state index contributed by atoms with van der Waals surface area (Å²) in [4.78, 5) is 0. The molecule has 0 unspecified atom stereocenters. The van der Waals surface area contributed by atoms with Crippen LogP contribution in [0.5, 0.6) is 5.75 Å². The van der Waals surface area contributed by atoms with E-state index in [9.17, 15) is 5.11 Å². The molecule has 0 aromatic heterocycles. The maximum Gasteiger partial charge on any atom is 0.115 e. The molecule has 3 heteroatoms. The van der Waals surface area contributed by atoms with Crippen LogP contribution in [0.4, 0.5) is 5.69 Å². The Labute approximate surface area is 136 Å². The third kappa shape index (κ3) is 4.34. The number of aromatic hydroxyl groups is 1. The first-order chi connectivity index (χ1) is 11.3. The minimum Gasteiger partial charge on any atom is -0.508 e. The minimum absolute atomic E-state index is 0.275. The van der Waals surface area contributed by atoms with Gasteiger partial charge in [-0.15, -0.1) is 0 Å². The van der Waals surface area contributed by atoms with Crippen LogP contribution in [-0.4, -0.2) is 5.11 Å². The van der Waals surface area contributed by atoms with Crippen LogP contribution in [0.1, 0.15) is 11.1 Å². The number of nitrogens with zero attached hydrogens (tertiary/aromatic N) is 1. The lowest BCUT2D eigenvalue weighted by Crippen LogP contribution is -2.37. The number of benzene rings is 3. The number of hydrazine groups is 1. The first-order valence-electron chi connectivity index (χ1n) is 7.69. The molecule has 3 aromatic carbocycles. The molecule has 2 N–H and O–H groups in total. The molecule has 0 aliphatic carbocycles. The van der Waals surface area contributed by atoms with Crippen molar-refractivity contribution in [1.82, 2.24) is 5.43 Å². The molecule has 3 rings (SSSR count). The van der Waals surface area contributed by atoms with Crippen molar-refractivity contribution in [3.8, 4) is 5.75 Å². The molecule has 116 valence electrons. The summed E-state index contributed by atoms with van der Waals surface area (Å²) in [5.41, 5.74) is 6.94. The molecule has 23 heavy (non-hydrogen) atoms. The average Bonchev–Trinajstić information content (AvgIpc) is 2.61. The molecule has 0 amide bonds. The number of nitrogens with one attached hydrogen (secondary N) is 1. The van der Waals surface area contributed by atoms with Gasteiger partial charge >= 0.3 is 0 Å². The fourth-order valence-corrected chi connectivity index (χ4v) is 2.42. The van der Waals surface area contributed by atoms with Gasteiger partial charge in [0.1, 0.15) is 5.75 Å². The molecule has 0 spiro atoms. The third-order valence-corrected chi connectivity index (χ3v) is 3.66. The fourth-order valence-electron chi connectivity index (χ4n) is 2.42. The zero-order valence-electron chi connectivity index (χ0n) is 12.9. The Hall–Kier alpha value is -2.78. The maximum atomic E-state index is 9.50. The van der Waals surface area contributed by atoms with Gasteiger partial charge in [0.2, 0.25) is 0 Å². The first kappa shape index (κ1) is 15.1. The van der Waals surface area contributed by atoms with E-state index in [1.807, 2.05) is 48.5 Å². The van der Waals surface area contributed by atoms with Gasteiger partial charge in [-0.25, -0.2) is 5.43 Å². The van der Waals surface area contributed by atoms with Crippen molar-refractivity contribution >= 4 is 5.69 Å². The lowest BCUT2D eigenvalue weighted by molar-refractivity contribution is 0.475. The summed E-state index contributed by atoms with van der Waals surface area (Å²) in [6.45, 7) is 1.49. The molecule has 3 aromatic rings. The molecule has 0 radical (unpaired) electrons. The SMILES string of the molecule is Oc1ccc(N(Cc2ccccc2)NCc2ccccc2)cc1. The zero-order valence-corrected chi connectivity index (χ0v) is 12.9. The van der Waals surface area contributed by atoms with E-state index in [0.717, 1.165) is 18.8 Å². The van der Waals surface area contributed by atoms with Crippen molar-refractivity contribution in [3.63, 3.8) is 0 Å². The topological polar surface area (TPSA) is 35.5 Å². The number of rotatable bonds is 6. The smallest absolute Gasteiger partial charge is 0.115 e. The predicted molar refractivity (Wildman–Crippen MR) is 94.0 cm³/mol. The molecule has 0 saturated heterocycles. The standard InChI is InChI=1S/C20H20N2O/c23-20-13-11-19(12-14-20)22(16-18-9-5-2-6-10-18)21-15-17-7-3-1-4-8-17/h1-14,21,23H,15-16H2. The molecule has 0 aliphatic rings. The monoisotopic (exact) mass is 304 g/mol. The molecule has 0 atom stereocenters. The van der Waals surface area contributed by atoms with Crippen LogP contribution in [0.2, 0.25) is 0 Å². The molecule has 0 heterocycles. The van der Waals surface area contributed by atoms with Gasteiger partial charge < -0.3 is 10.1 Å². The van der Waals surface area contributed by atoms with Gasteiger partial charge in [-0.1, -0.05) is 60.7 Å². The van der Waals surface area contributed by atoms with Crippen molar-refractivity contribution < 1.29 is 5.11 Å². The van der Waals surface area contributed by atoms with Gasteiger partial charge in [0.25, 0.3) is 0 Å². The summed E-state index contributed by atoms with van der Waals surface area (Å²) in [5.74, 6) is 0.275. The van der Waals surface area contributed by atoms with E-state index in [0.29, 0.717) is 0 Å². The van der Waals surface area contributed by atoms with E-state index in [1.165, 1.54) is 11.1 Å². The second-order valence-corrected chi connectivity index (χ2v) is 5.41. The van der Waals surface area contributed by atoms with Crippen LogP contribution in [0.15, 0.2) is 84.9 Å². The Kier molecular flexibility index (Phi) is 4.92. The van der Waals surface area contributed by atoms with Gasteiger partial charge in [0, 0.05) is 6.54 Å². The van der Waals surface area contributed by atoms with Crippen molar-refractivity contribution in [2.75, 3.05) is 5.01 Å². The Morgan fingerprint density at radius 2 is 1.26 bits per heavy atom. The van der Waals surface area contributed by atoms with Crippen LogP contribution < -0.4 is 10.4 Å². The number of hydrogen-bond acceptors (Lipinski definition) is 3. The molecular weight excluding hydrogens is 284 g/mol.